The van der Waals surface area contributed by atoms with Crippen LogP contribution >= 0.6 is 0 Å². The summed E-state index contributed by atoms with van der Waals surface area (Å²) in [6, 6.07) is 15.7. The predicted molar refractivity (Wildman–Crippen MR) is 71.1 cm³/mol. The van der Waals surface area contributed by atoms with E-state index in [2.05, 4.69) is 54.7 Å². The molecule has 1 aliphatic carbocycles. The minimum absolute atomic E-state index is 0.448. The Kier molecular flexibility index (Phi) is 1.77. The molecule has 86 valence electrons. The molecule has 1 saturated carbocycles. The van der Waals surface area contributed by atoms with E-state index in [0.29, 0.717) is 5.41 Å². The van der Waals surface area contributed by atoms with Gasteiger partial charge in [0, 0.05) is 12.0 Å². The van der Waals surface area contributed by atoms with Crippen molar-refractivity contribution in [3.05, 3.63) is 48.0 Å². The normalized spacial score (nSPS) is 34.9. The van der Waals surface area contributed by atoms with Crippen LogP contribution in [0.3, 0.4) is 0 Å². The maximum atomic E-state index is 3.54. The second kappa shape index (κ2) is 3.11. The number of fused-ring (bicyclic) bond motifs is 2. The Labute approximate surface area is 102 Å². The highest BCUT2D eigenvalue weighted by Crippen LogP contribution is 2.61. The lowest BCUT2D eigenvalue weighted by Gasteiger charge is -2.15. The molecule has 1 heterocycles. The van der Waals surface area contributed by atoms with Crippen molar-refractivity contribution in [2.24, 2.45) is 11.8 Å². The van der Waals surface area contributed by atoms with E-state index in [1.807, 2.05) is 0 Å². The van der Waals surface area contributed by atoms with Crippen molar-refractivity contribution in [1.82, 2.24) is 5.32 Å². The number of hydrogen-bond donors (Lipinski definition) is 1. The van der Waals surface area contributed by atoms with Gasteiger partial charge in [0.25, 0.3) is 0 Å². The number of rotatable bonds is 1. The van der Waals surface area contributed by atoms with Crippen molar-refractivity contribution >= 4 is 10.8 Å². The van der Waals surface area contributed by atoms with Gasteiger partial charge in [0.15, 0.2) is 0 Å². The number of nitrogens with one attached hydrogen (secondary N) is 1. The smallest absolute Gasteiger partial charge is 0.0150 e. The van der Waals surface area contributed by atoms with Gasteiger partial charge >= 0.3 is 0 Å². The topological polar surface area (TPSA) is 12.0 Å². The summed E-state index contributed by atoms with van der Waals surface area (Å²) in [6.45, 7) is 4.77. The van der Waals surface area contributed by atoms with Crippen LogP contribution in [0.1, 0.15) is 12.5 Å². The summed E-state index contributed by atoms with van der Waals surface area (Å²) >= 11 is 0. The van der Waals surface area contributed by atoms with Crippen molar-refractivity contribution in [3.63, 3.8) is 0 Å². The van der Waals surface area contributed by atoms with Crippen LogP contribution in [0.15, 0.2) is 42.5 Å². The molecule has 1 nitrogen and oxygen atoms in total. The molecule has 0 bridgehead atoms. The molecule has 2 aromatic carbocycles. The van der Waals surface area contributed by atoms with Crippen molar-refractivity contribution in [2.45, 2.75) is 12.3 Å². The summed E-state index contributed by atoms with van der Waals surface area (Å²) in [4.78, 5) is 0. The van der Waals surface area contributed by atoms with E-state index in [1.165, 1.54) is 17.3 Å². The van der Waals surface area contributed by atoms with E-state index in [1.54, 1.807) is 5.56 Å². The first-order valence-electron chi connectivity index (χ1n) is 6.52. The van der Waals surface area contributed by atoms with Crippen molar-refractivity contribution < 1.29 is 0 Å². The Morgan fingerprint density at radius 2 is 1.94 bits per heavy atom. The fraction of sp³-hybridized carbons (Fsp3) is 0.375. The molecule has 4 rings (SSSR count). The van der Waals surface area contributed by atoms with Gasteiger partial charge in [-0.15, -0.1) is 0 Å². The lowest BCUT2D eigenvalue weighted by atomic mass is 9.91. The maximum Gasteiger partial charge on any atom is 0.0150 e. The summed E-state index contributed by atoms with van der Waals surface area (Å²) in [5.41, 5.74) is 1.99. The first-order chi connectivity index (χ1) is 8.32. The average Bonchev–Trinajstić information content (AvgIpc) is 2.78. The summed E-state index contributed by atoms with van der Waals surface area (Å²) < 4.78 is 0. The molecule has 1 unspecified atom stereocenters. The molecule has 2 aromatic rings. The first-order valence-corrected chi connectivity index (χ1v) is 6.52. The third kappa shape index (κ3) is 1.13. The van der Waals surface area contributed by atoms with Crippen LogP contribution < -0.4 is 5.32 Å². The fourth-order valence-corrected chi connectivity index (χ4v) is 3.87. The summed E-state index contributed by atoms with van der Waals surface area (Å²) in [7, 11) is 0. The molecule has 0 radical (unpaired) electrons. The number of benzene rings is 2. The predicted octanol–water partition coefficient (Wildman–Crippen LogP) is 2.95. The van der Waals surface area contributed by atoms with Crippen LogP contribution in [-0.2, 0) is 5.41 Å². The van der Waals surface area contributed by atoms with E-state index >= 15 is 0 Å². The summed E-state index contributed by atoms with van der Waals surface area (Å²) in [6.07, 6.45) is 0. The molecule has 2 aliphatic rings. The standard InChI is InChI=1S/C16H17N/c1-11-15-9-17-10-16(11,15)14-7-6-12-4-2-3-5-13(12)8-14/h2-8,11,15,17H,9-10H2,1H3/t11-,15-,16?/m1/s1. The van der Waals surface area contributed by atoms with E-state index < -0.39 is 0 Å². The zero-order valence-corrected chi connectivity index (χ0v) is 10.1. The minimum Gasteiger partial charge on any atom is -0.316 e. The van der Waals surface area contributed by atoms with Crippen LogP contribution in [0.4, 0.5) is 0 Å². The largest absolute Gasteiger partial charge is 0.316 e. The second-order valence-corrected chi connectivity index (χ2v) is 5.63. The Morgan fingerprint density at radius 1 is 1.12 bits per heavy atom. The highest BCUT2D eigenvalue weighted by Gasteiger charge is 2.64. The SMILES string of the molecule is C[C@@H]1[C@H]2CNCC12c1ccc2ccccc2c1. The van der Waals surface area contributed by atoms with E-state index in [0.717, 1.165) is 18.4 Å². The summed E-state index contributed by atoms with van der Waals surface area (Å²) in [5, 5.41) is 6.27. The van der Waals surface area contributed by atoms with Crippen LogP contribution in [0.25, 0.3) is 10.8 Å². The molecule has 3 atom stereocenters. The van der Waals surface area contributed by atoms with Gasteiger partial charge < -0.3 is 5.32 Å². The van der Waals surface area contributed by atoms with E-state index in [9.17, 15) is 0 Å². The highest BCUT2D eigenvalue weighted by molar-refractivity contribution is 5.83. The molecule has 1 heteroatoms. The lowest BCUT2D eigenvalue weighted by molar-refractivity contribution is 0.591. The summed E-state index contributed by atoms with van der Waals surface area (Å²) in [5.74, 6) is 1.72. The fourth-order valence-electron chi connectivity index (χ4n) is 3.87. The highest BCUT2D eigenvalue weighted by atomic mass is 15.0. The molecule has 1 saturated heterocycles. The van der Waals surface area contributed by atoms with Crippen LogP contribution in [0.2, 0.25) is 0 Å². The van der Waals surface area contributed by atoms with Crippen LogP contribution in [0.5, 0.6) is 0 Å². The van der Waals surface area contributed by atoms with Gasteiger partial charge in [-0.3, -0.25) is 0 Å². The van der Waals surface area contributed by atoms with Crippen LogP contribution in [-0.4, -0.2) is 13.1 Å². The Hall–Kier alpha value is -1.34. The third-order valence-corrected chi connectivity index (χ3v) is 5.04. The second-order valence-electron chi connectivity index (χ2n) is 5.63. The van der Waals surface area contributed by atoms with Gasteiger partial charge in [-0.2, -0.15) is 0 Å². The molecule has 2 fully saturated rings. The third-order valence-electron chi connectivity index (χ3n) is 5.04. The Balaban J connectivity index is 1.87. The average molecular weight is 223 g/mol. The lowest BCUT2D eigenvalue weighted by Crippen LogP contribution is -2.22. The molecule has 0 spiro atoms. The van der Waals surface area contributed by atoms with Gasteiger partial charge in [-0.1, -0.05) is 49.4 Å². The Morgan fingerprint density at radius 3 is 2.71 bits per heavy atom. The maximum absolute atomic E-state index is 3.54. The Bertz CT molecular complexity index is 589. The van der Waals surface area contributed by atoms with Crippen molar-refractivity contribution in [3.8, 4) is 0 Å². The van der Waals surface area contributed by atoms with E-state index in [-0.39, 0.29) is 0 Å². The molecule has 1 aliphatic heterocycles. The minimum atomic E-state index is 0.448. The zero-order chi connectivity index (χ0) is 11.5. The van der Waals surface area contributed by atoms with Crippen molar-refractivity contribution in [1.29, 1.82) is 0 Å². The van der Waals surface area contributed by atoms with Gasteiger partial charge in [-0.25, -0.2) is 0 Å². The molecule has 0 amide bonds. The van der Waals surface area contributed by atoms with Gasteiger partial charge in [0.05, 0.1) is 0 Å². The van der Waals surface area contributed by atoms with Gasteiger partial charge in [-0.05, 0) is 34.7 Å². The molecular weight excluding hydrogens is 206 g/mol. The van der Waals surface area contributed by atoms with E-state index in [4.69, 9.17) is 0 Å². The molecular formula is C16H17N. The number of piperidine rings is 1. The first kappa shape index (κ1) is 9.67. The number of hydrogen-bond acceptors (Lipinski definition) is 1. The molecule has 1 N–H and O–H groups in total. The monoisotopic (exact) mass is 223 g/mol. The quantitative estimate of drug-likeness (QED) is 0.783. The van der Waals surface area contributed by atoms with Crippen LogP contribution in [0, 0.1) is 11.8 Å². The molecule has 17 heavy (non-hydrogen) atoms. The van der Waals surface area contributed by atoms with Crippen molar-refractivity contribution in [2.75, 3.05) is 13.1 Å². The molecule has 0 aromatic heterocycles. The zero-order valence-electron chi connectivity index (χ0n) is 10.1. The van der Waals surface area contributed by atoms with Gasteiger partial charge in [0.1, 0.15) is 0 Å². The van der Waals surface area contributed by atoms with Gasteiger partial charge in [0.2, 0.25) is 0 Å².